The Morgan fingerprint density at radius 3 is 2.84 bits per heavy atom. The number of nitrogens with zero attached hydrogens (tertiary/aromatic N) is 2. The molecule has 4 aromatic rings. The largest absolute Gasteiger partial charge is 0.383 e. The molecule has 1 fully saturated rings. The van der Waals surface area contributed by atoms with E-state index in [1.807, 2.05) is 41.8 Å². The Balaban J connectivity index is 1.29. The Bertz CT molecular complexity index is 1400. The van der Waals surface area contributed by atoms with Gasteiger partial charge in [-0.2, -0.15) is 4.72 Å². The summed E-state index contributed by atoms with van der Waals surface area (Å²) in [4.78, 5) is 20.6. The number of pyridine rings is 1. The van der Waals surface area contributed by atoms with Gasteiger partial charge >= 0.3 is 0 Å². The molecule has 1 aliphatic heterocycles. The van der Waals surface area contributed by atoms with Crippen molar-refractivity contribution in [3.8, 4) is 9.75 Å². The van der Waals surface area contributed by atoms with Gasteiger partial charge in [-0.1, -0.05) is 18.2 Å². The summed E-state index contributed by atoms with van der Waals surface area (Å²) in [5.41, 5.74) is 6.90. The molecule has 0 radical (unpaired) electrons. The SMILES string of the molecule is Nc1nccc2ccc(CN3CC[C@H](NS(=O)(=O)c4ccc(-c5cccs5)s4)C3=O)cc12. The second-order valence-electron chi connectivity index (χ2n) is 7.57. The van der Waals surface area contributed by atoms with Crippen molar-refractivity contribution in [1.29, 1.82) is 0 Å². The number of likely N-dealkylation sites (tertiary alicyclic amines) is 1. The lowest BCUT2D eigenvalue weighted by atomic mass is 10.1. The number of carbonyl (C=O) groups excluding carboxylic acids is 1. The van der Waals surface area contributed by atoms with Gasteiger partial charge in [0.1, 0.15) is 16.1 Å². The molecule has 1 aliphatic rings. The summed E-state index contributed by atoms with van der Waals surface area (Å²) in [7, 11) is -3.78. The zero-order chi connectivity index (χ0) is 22.3. The molecule has 1 aromatic carbocycles. The van der Waals surface area contributed by atoms with Crippen molar-refractivity contribution in [2.24, 2.45) is 0 Å². The molecule has 0 bridgehead atoms. The van der Waals surface area contributed by atoms with E-state index < -0.39 is 16.1 Å². The van der Waals surface area contributed by atoms with E-state index in [9.17, 15) is 13.2 Å². The average Bonchev–Trinajstić information content (AvgIpc) is 3.52. The van der Waals surface area contributed by atoms with Crippen LogP contribution in [0.25, 0.3) is 20.5 Å². The first-order valence-electron chi connectivity index (χ1n) is 9.99. The monoisotopic (exact) mass is 484 g/mol. The zero-order valence-corrected chi connectivity index (χ0v) is 19.3. The van der Waals surface area contributed by atoms with Crippen LogP contribution in [0.15, 0.2) is 64.3 Å². The van der Waals surface area contributed by atoms with Gasteiger partial charge in [0, 0.05) is 34.4 Å². The Morgan fingerprint density at radius 2 is 2.03 bits per heavy atom. The molecule has 5 rings (SSSR count). The number of benzene rings is 1. The Kier molecular flexibility index (Phi) is 5.46. The maximum atomic E-state index is 12.9. The third kappa shape index (κ3) is 4.02. The fourth-order valence-electron chi connectivity index (χ4n) is 3.82. The fourth-order valence-corrected chi connectivity index (χ4v) is 7.20. The number of aromatic nitrogens is 1. The molecule has 0 spiro atoms. The molecule has 164 valence electrons. The van der Waals surface area contributed by atoms with E-state index in [4.69, 9.17) is 5.73 Å². The van der Waals surface area contributed by atoms with Crippen LogP contribution in [0.1, 0.15) is 12.0 Å². The number of fused-ring (bicyclic) bond motifs is 1. The maximum Gasteiger partial charge on any atom is 0.250 e. The lowest BCUT2D eigenvalue weighted by Gasteiger charge is -2.17. The smallest absolute Gasteiger partial charge is 0.250 e. The predicted octanol–water partition coefficient (Wildman–Crippen LogP) is 3.69. The number of hydrogen-bond acceptors (Lipinski definition) is 7. The number of nitrogens with one attached hydrogen (secondary N) is 1. The summed E-state index contributed by atoms with van der Waals surface area (Å²) in [6.07, 6.45) is 2.09. The van der Waals surface area contributed by atoms with E-state index in [1.54, 1.807) is 34.6 Å². The van der Waals surface area contributed by atoms with Crippen molar-refractivity contribution < 1.29 is 13.2 Å². The molecule has 4 heterocycles. The number of amides is 1. The Hall–Kier alpha value is -2.79. The topological polar surface area (TPSA) is 105 Å². The minimum Gasteiger partial charge on any atom is -0.383 e. The molecular formula is C22H20N4O3S3. The molecule has 3 N–H and O–H groups in total. The number of anilines is 1. The molecule has 7 nitrogen and oxygen atoms in total. The molecule has 3 aromatic heterocycles. The molecule has 0 saturated carbocycles. The maximum absolute atomic E-state index is 12.9. The fraction of sp³-hybridized carbons (Fsp3) is 0.182. The van der Waals surface area contributed by atoms with Crippen molar-refractivity contribution in [2.75, 3.05) is 12.3 Å². The lowest BCUT2D eigenvalue weighted by Crippen LogP contribution is -2.41. The van der Waals surface area contributed by atoms with Gasteiger partial charge in [0.25, 0.3) is 10.0 Å². The van der Waals surface area contributed by atoms with Crippen LogP contribution >= 0.6 is 22.7 Å². The number of carbonyl (C=O) groups is 1. The molecule has 10 heteroatoms. The third-order valence-corrected chi connectivity index (χ3v) is 9.55. The Labute approximate surface area is 193 Å². The lowest BCUT2D eigenvalue weighted by molar-refractivity contribution is -0.129. The van der Waals surface area contributed by atoms with Crippen LogP contribution in [0.2, 0.25) is 0 Å². The first-order valence-corrected chi connectivity index (χ1v) is 13.2. The van der Waals surface area contributed by atoms with Gasteiger partial charge < -0.3 is 10.6 Å². The van der Waals surface area contributed by atoms with Crippen LogP contribution in [-0.4, -0.2) is 36.8 Å². The molecule has 1 atom stereocenters. The molecular weight excluding hydrogens is 464 g/mol. The van der Waals surface area contributed by atoms with E-state index in [0.717, 1.165) is 26.1 Å². The van der Waals surface area contributed by atoms with Crippen molar-refractivity contribution in [3.63, 3.8) is 0 Å². The van der Waals surface area contributed by atoms with Gasteiger partial charge in [-0.05, 0) is 53.1 Å². The predicted molar refractivity (Wildman–Crippen MR) is 128 cm³/mol. The van der Waals surface area contributed by atoms with Gasteiger partial charge in [0.05, 0.1) is 0 Å². The second kappa shape index (κ2) is 8.28. The zero-order valence-electron chi connectivity index (χ0n) is 16.9. The molecule has 32 heavy (non-hydrogen) atoms. The van der Waals surface area contributed by atoms with Crippen molar-refractivity contribution >= 4 is 55.2 Å². The number of rotatable bonds is 6. The van der Waals surface area contributed by atoms with E-state index in [0.29, 0.717) is 25.3 Å². The highest BCUT2D eigenvalue weighted by Gasteiger charge is 2.35. The summed E-state index contributed by atoms with van der Waals surface area (Å²) < 4.78 is 28.6. The molecule has 1 amide bonds. The molecule has 1 saturated heterocycles. The van der Waals surface area contributed by atoms with Crippen LogP contribution in [-0.2, 0) is 21.4 Å². The molecule has 0 unspecified atom stereocenters. The van der Waals surface area contributed by atoms with Crippen LogP contribution in [0, 0.1) is 0 Å². The number of hydrogen-bond donors (Lipinski definition) is 2. The summed E-state index contributed by atoms with van der Waals surface area (Å²) in [6, 6.07) is 14.2. The van der Waals surface area contributed by atoms with Crippen LogP contribution < -0.4 is 10.5 Å². The first-order chi connectivity index (χ1) is 15.4. The van der Waals surface area contributed by atoms with Gasteiger partial charge in [0.2, 0.25) is 5.91 Å². The highest BCUT2D eigenvalue weighted by atomic mass is 32.2. The molecule has 0 aliphatic carbocycles. The number of thiophene rings is 2. The van der Waals surface area contributed by atoms with Crippen molar-refractivity contribution in [3.05, 3.63) is 65.7 Å². The van der Waals surface area contributed by atoms with E-state index in [-0.39, 0.29) is 10.1 Å². The van der Waals surface area contributed by atoms with E-state index in [1.165, 1.54) is 11.3 Å². The normalized spacial score (nSPS) is 16.8. The summed E-state index contributed by atoms with van der Waals surface area (Å²) in [5.74, 6) is 0.225. The quantitative estimate of drug-likeness (QED) is 0.434. The van der Waals surface area contributed by atoms with E-state index >= 15 is 0 Å². The van der Waals surface area contributed by atoms with Crippen LogP contribution in [0.5, 0.6) is 0 Å². The minimum absolute atomic E-state index is 0.213. The summed E-state index contributed by atoms with van der Waals surface area (Å²) in [6.45, 7) is 0.875. The van der Waals surface area contributed by atoms with Gasteiger partial charge in [-0.25, -0.2) is 13.4 Å². The number of sulfonamides is 1. The minimum atomic E-state index is -3.78. The van der Waals surface area contributed by atoms with Crippen LogP contribution in [0.3, 0.4) is 0 Å². The highest BCUT2D eigenvalue weighted by molar-refractivity contribution is 7.91. The van der Waals surface area contributed by atoms with Crippen LogP contribution in [0.4, 0.5) is 5.82 Å². The number of nitrogen functional groups attached to an aromatic ring is 1. The van der Waals surface area contributed by atoms with Crippen molar-refractivity contribution in [2.45, 2.75) is 23.2 Å². The highest BCUT2D eigenvalue weighted by Crippen LogP contribution is 2.33. The van der Waals surface area contributed by atoms with Gasteiger partial charge in [0.15, 0.2) is 0 Å². The Morgan fingerprint density at radius 1 is 1.16 bits per heavy atom. The summed E-state index contributed by atoms with van der Waals surface area (Å²) in [5, 5.41) is 3.78. The average molecular weight is 485 g/mol. The number of nitrogens with two attached hydrogens (primary N) is 1. The van der Waals surface area contributed by atoms with Gasteiger partial charge in [-0.3, -0.25) is 4.79 Å². The summed E-state index contributed by atoms with van der Waals surface area (Å²) >= 11 is 2.76. The second-order valence-corrected chi connectivity index (χ2v) is 11.5. The standard InChI is InChI=1S/C22H20N4O3S3/c23-21-16-12-14(3-4-15(16)7-9-24-21)13-26-10-8-17(22(26)27)25-32(28,29)20-6-5-19(31-20)18-2-1-11-30-18/h1-7,9,11-12,17,25H,8,10,13H2,(H2,23,24)/t17-/m0/s1. The van der Waals surface area contributed by atoms with Gasteiger partial charge in [-0.15, -0.1) is 22.7 Å². The van der Waals surface area contributed by atoms with E-state index in [2.05, 4.69) is 9.71 Å². The first kappa shape index (κ1) is 21.1. The third-order valence-electron chi connectivity index (χ3n) is 5.44. The van der Waals surface area contributed by atoms with Crippen molar-refractivity contribution in [1.82, 2.24) is 14.6 Å².